The van der Waals surface area contributed by atoms with Crippen LogP contribution in [0.15, 0.2) is 66.7 Å². The van der Waals surface area contributed by atoms with Crippen LogP contribution in [0.25, 0.3) is 57.5 Å². The normalized spacial score (nSPS) is 12.1. The molecule has 0 fully saturated rings. The SMILES string of the molecule is N#Cc1ccc(-c2cc3cc4nc(cc5ccc(cc6nc(cc2[nH]3)C=C6)[nH]5)C=C4)cc1. The van der Waals surface area contributed by atoms with Gasteiger partial charge in [0.2, 0.25) is 0 Å². The molecule has 2 aliphatic rings. The molecular weight excluding hydrogens is 394 g/mol. The zero-order chi connectivity index (χ0) is 21.5. The van der Waals surface area contributed by atoms with Gasteiger partial charge in [-0.05, 0) is 84.5 Å². The average molecular weight is 411 g/mol. The molecule has 0 saturated heterocycles. The number of H-pyrrole nitrogens is 2. The summed E-state index contributed by atoms with van der Waals surface area (Å²) in [6, 6.07) is 24.1. The molecule has 150 valence electrons. The lowest BCUT2D eigenvalue weighted by molar-refractivity contribution is 1.31. The summed E-state index contributed by atoms with van der Waals surface area (Å²) in [5.74, 6) is 0. The van der Waals surface area contributed by atoms with Gasteiger partial charge in [-0.2, -0.15) is 5.26 Å². The summed E-state index contributed by atoms with van der Waals surface area (Å²) >= 11 is 0. The van der Waals surface area contributed by atoms with E-state index >= 15 is 0 Å². The Morgan fingerprint density at radius 2 is 1.16 bits per heavy atom. The van der Waals surface area contributed by atoms with E-state index in [1.807, 2.05) is 85.0 Å². The van der Waals surface area contributed by atoms with E-state index in [2.05, 4.69) is 22.1 Å². The number of nitrogens with one attached hydrogen (secondary N) is 2. The fourth-order valence-corrected chi connectivity index (χ4v) is 3.98. The monoisotopic (exact) mass is 411 g/mol. The van der Waals surface area contributed by atoms with Crippen LogP contribution in [0.1, 0.15) is 28.3 Å². The fourth-order valence-electron chi connectivity index (χ4n) is 3.98. The first-order chi connectivity index (χ1) is 15.7. The van der Waals surface area contributed by atoms with Crippen molar-refractivity contribution in [1.29, 1.82) is 5.26 Å². The molecule has 3 aromatic heterocycles. The molecule has 5 nitrogen and oxygen atoms in total. The van der Waals surface area contributed by atoms with Crippen LogP contribution in [0.3, 0.4) is 0 Å². The van der Waals surface area contributed by atoms with E-state index in [1.165, 1.54) is 0 Å². The second-order valence-corrected chi connectivity index (χ2v) is 7.78. The number of nitriles is 1. The van der Waals surface area contributed by atoms with Crippen LogP contribution in [0.4, 0.5) is 0 Å². The van der Waals surface area contributed by atoms with Crippen molar-refractivity contribution < 1.29 is 0 Å². The van der Waals surface area contributed by atoms with E-state index in [-0.39, 0.29) is 0 Å². The molecule has 0 unspecified atom stereocenters. The third-order valence-corrected chi connectivity index (χ3v) is 5.49. The zero-order valence-corrected chi connectivity index (χ0v) is 17.0. The van der Waals surface area contributed by atoms with Crippen LogP contribution in [0.5, 0.6) is 0 Å². The first-order valence-electron chi connectivity index (χ1n) is 10.3. The summed E-state index contributed by atoms with van der Waals surface area (Å²) in [7, 11) is 0. The van der Waals surface area contributed by atoms with Gasteiger partial charge in [0.15, 0.2) is 0 Å². The molecule has 2 aliphatic heterocycles. The summed E-state index contributed by atoms with van der Waals surface area (Å²) < 4.78 is 0. The molecule has 0 spiro atoms. The first kappa shape index (κ1) is 18.1. The van der Waals surface area contributed by atoms with Gasteiger partial charge in [-0.15, -0.1) is 0 Å². The Balaban J connectivity index is 1.65. The lowest BCUT2D eigenvalue weighted by atomic mass is 10.1. The number of benzene rings is 1. The molecule has 6 rings (SSSR count). The second kappa shape index (κ2) is 7.22. The molecule has 0 saturated carbocycles. The average Bonchev–Trinajstić information content (AvgIpc) is 3.59. The quantitative estimate of drug-likeness (QED) is 0.338. The van der Waals surface area contributed by atoms with Gasteiger partial charge in [0.05, 0.1) is 34.4 Å². The molecule has 0 atom stereocenters. The van der Waals surface area contributed by atoms with Gasteiger partial charge < -0.3 is 9.97 Å². The van der Waals surface area contributed by atoms with E-state index < -0.39 is 0 Å². The third kappa shape index (κ3) is 3.40. The van der Waals surface area contributed by atoms with Crippen LogP contribution in [0.2, 0.25) is 0 Å². The van der Waals surface area contributed by atoms with Crippen molar-refractivity contribution in [3.8, 4) is 17.2 Å². The van der Waals surface area contributed by atoms with Crippen LogP contribution in [-0.2, 0) is 0 Å². The minimum absolute atomic E-state index is 0.641. The molecule has 4 aromatic rings. The molecule has 0 radical (unpaired) electrons. The van der Waals surface area contributed by atoms with Crippen molar-refractivity contribution >= 4 is 46.4 Å². The lowest BCUT2D eigenvalue weighted by Crippen LogP contribution is -1.79. The highest BCUT2D eigenvalue weighted by atomic mass is 14.8. The highest BCUT2D eigenvalue weighted by molar-refractivity contribution is 5.88. The molecule has 32 heavy (non-hydrogen) atoms. The van der Waals surface area contributed by atoms with E-state index in [0.29, 0.717) is 5.56 Å². The van der Waals surface area contributed by atoms with E-state index in [0.717, 1.165) is 56.0 Å². The Bertz CT molecular complexity index is 1620. The second-order valence-electron chi connectivity index (χ2n) is 7.78. The molecule has 2 N–H and O–H groups in total. The Kier molecular flexibility index (Phi) is 4.09. The predicted molar refractivity (Wildman–Crippen MR) is 129 cm³/mol. The molecule has 0 amide bonds. The molecule has 1 aromatic carbocycles. The predicted octanol–water partition coefficient (Wildman–Crippen LogP) is 6.19. The Morgan fingerprint density at radius 1 is 0.594 bits per heavy atom. The number of aromatic nitrogens is 4. The van der Waals surface area contributed by atoms with Crippen molar-refractivity contribution in [2.75, 3.05) is 0 Å². The van der Waals surface area contributed by atoms with Crippen molar-refractivity contribution in [3.05, 3.63) is 95.1 Å². The van der Waals surface area contributed by atoms with E-state index in [4.69, 9.17) is 15.2 Å². The van der Waals surface area contributed by atoms with Crippen LogP contribution in [0, 0.1) is 11.3 Å². The third-order valence-electron chi connectivity index (χ3n) is 5.49. The standard InChI is InChI=1S/C27H17N5/c28-16-17-1-3-18(4-2-17)26-14-25-13-23-8-7-21(30-23)11-19-5-6-20(29-19)12-22-9-10-24(31-22)15-27(26)32-25/h1-15,29,32H. The summed E-state index contributed by atoms with van der Waals surface area (Å²) in [6.07, 6.45) is 8.04. The highest BCUT2D eigenvalue weighted by Crippen LogP contribution is 2.28. The number of fused-ring (bicyclic) bond motifs is 8. The maximum Gasteiger partial charge on any atom is 0.0991 e. The summed E-state index contributed by atoms with van der Waals surface area (Å²) in [5, 5.41) is 9.13. The molecule has 5 heterocycles. The van der Waals surface area contributed by atoms with Crippen LogP contribution in [-0.4, -0.2) is 19.9 Å². The summed E-state index contributed by atoms with van der Waals surface area (Å²) in [6.45, 7) is 0. The number of aromatic amines is 2. The zero-order valence-electron chi connectivity index (χ0n) is 17.0. The number of nitrogens with zero attached hydrogens (tertiary/aromatic N) is 3. The summed E-state index contributed by atoms with van der Waals surface area (Å²) in [4.78, 5) is 16.4. The number of hydrogen-bond donors (Lipinski definition) is 2. The van der Waals surface area contributed by atoms with Gasteiger partial charge in [-0.3, -0.25) is 0 Å². The molecular formula is C27H17N5. The first-order valence-corrected chi connectivity index (χ1v) is 10.3. The van der Waals surface area contributed by atoms with Gasteiger partial charge in [0.25, 0.3) is 0 Å². The highest BCUT2D eigenvalue weighted by Gasteiger charge is 2.07. The fraction of sp³-hybridized carbons (Fsp3) is 0. The molecule has 0 aliphatic carbocycles. The largest absolute Gasteiger partial charge is 0.355 e. The molecule has 8 bridgehead atoms. The van der Waals surface area contributed by atoms with Gasteiger partial charge in [0.1, 0.15) is 0 Å². The van der Waals surface area contributed by atoms with E-state index in [9.17, 15) is 0 Å². The maximum atomic E-state index is 9.13. The van der Waals surface area contributed by atoms with Crippen molar-refractivity contribution in [2.24, 2.45) is 0 Å². The summed E-state index contributed by atoms with van der Waals surface area (Å²) in [5.41, 5.74) is 10.2. The van der Waals surface area contributed by atoms with E-state index in [1.54, 1.807) is 0 Å². The van der Waals surface area contributed by atoms with Crippen LogP contribution < -0.4 is 0 Å². The number of rotatable bonds is 1. The lowest BCUT2D eigenvalue weighted by Gasteiger charge is -1.98. The van der Waals surface area contributed by atoms with Crippen molar-refractivity contribution in [1.82, 2.24) is 19.9 Å². The van der Waals surface area contributed by atoms with Gasteiger partial charge >= 0.3 is 0 Å². The van der Waals surface area contributed by atoms with Crippen molar-refractivity contribution in [3.63, 3.8) is 0 Å². The van der Waals surface area contributed by atoms with Crippen molar-refractivity contribution in [2.45, 2.75) is 0 Å². The maximum absolute atomic E-state index is 9.13. The Morgan fingerprint density at radius 3 is 1.75 bits per heavy atom. The molecule has 5 heteroatoms. The van der Waals surface area contributed by atoms with Gasteiger partial charge in [-0.1, -0.05) is 12.1 Å². The Hall–Kier alpha value is -4.69. The Labute approximate surface area is 184 Å². The minimum atomic E-state index is 0.641. The van der Waals surface area contributed by atoms with Crippen LogP contribution >= 0.6 is 0 Å². The van der Waals surface area contributed by atoms with Gasteiger partial charge in [-0.25, -0.2) is 9.97 Å². The number of hydrogen-bond acceptors (Lipinski definition) is 3. The van der Waals surface area contributed by atoms with Gasteiger partial charge in [0, 0.05) is 27.6 Å². The minimum Gasteiger partial charge on any atom is -0.355 e. The smallest absolute Gasteiger partial charge is 0.0991 e. The topological polar surface area (TPSA) is 81.2 Å².